The van der Waals surface area contributed by atoms with Gasteiger partial charge >= 0.3 is 0 Å². The van der Waals surface area contributed by atoms with Crippen molar-refractivity contribution in [3.05, 3.63) is 54.1 Å². The number of nitrogens with zero attached hydrogens (tertiary/aromatic N) is 2. The Kier molecular flexibility index (Phi) is 5.68. The second-order valence-electron chi connectivity index (χ2n) is 5.46. The Bertz CT molecular complexity index is 926. The highest BCUT2D eigenvalue weighted by Gasteiger charge is 2.30. The lowest BCUT2D eigenvalue weighted by molar-refractivity contribution is -0.132. The quantitative estimate of drug-likeness (QED) is 0.323. The number of aliphatic hydroxyl groups excluding tert-OH is 1. The van der Waals surface area contributed by atoms with E-state index in [-0.39, 0.29) is 30.2 Å². The molecule has 1 aliphatic rings. The predicted octanol–water partition coefficient (Wildman–Crippen LogP) is 1.40. The van der Waals surface area contributed by atoms with Crippen LogP contribution in [0.25, 0.3) is 11.0 Å². The number of H-pyrrole nitrogens is 1. The van der Waals surface area contributed by atoms with Crippen LogP contribution in [0.4, 0.5) is 0 Å². The van der Waals surface area contributed by atoms with Crippen LogP contribution in [0.15, 0.2) is 53.4 Å². The van der Waals surface area contributed by atoms with Crippen molar-refractivity contribution >= 4 is 47.1 Å². The summed E-state index contributed by atoms with van der Waals surface area (Å²) >= 11 is 0. The van der Waals surface area contributed by atoms with Crippen LogP contribution < -0.4 is 5.43 Å². The lowest BCUT2D eigenvalue weighted by Gasteiger charge is -2.16. The number of halogens is 1. The number of allylic oxidation sites excluding steroid dienone is 2. The molecule has 0 saturated heterocycles. The normalized spacial score (nSPS) is 17.3. The molecule has 0 radical (unpaired) electrons. The summed E-state index contributed by atoms with van der Waals surface area (Å²) in [6.07, 6.45) is 1.95. The molecule has 1 aromatic heterocycles. The molecule has 0 saturated carbocycles. The number of Topliss-reactive ketones (excluding diaryl/α,β-unsaturated/α-hetero) is 1. The molecule has 3 N–H and O–H groups in total. The maximum atomic E-state index is 11.9. The van der Waals surface area contributed by atoms with Crippen LogP contribution in [0, 0.1) is 5.92 Å². The monoisotopic (exact) mass is 374 g/mol. The molecule has 0 aliphatic heterocycles. The van der Waals surface area contributed by atoms with Crippen LogP contribution in [0.5, 0.6) is 0 Å². The van der Waals surface area contributed by atoms with Gasteiger partial charge in [-0.1, -0.05) is 18.7 Å². The number of carbonyl (C=O) groups is 3. The average molecular weight is 375 g/mol. The van der Waals surface area contributed by atoms with Crippen LogP contribution in [0.2, 0.25) is 0 Å². The Hall–Kier alpha value is -3.26. The van der Waals surface area contributed by atoms with Crippen molar-refractivity contribution in [3.63, 3.8) is 0 Å². The minimum Gasteiger partial charge on any atom is -0.511 e. The molecule has 9 heteroatoms. The molecule has 8 nitrogen and oxygen atoms in total. The van der Waals surface area contributed by atoms with Crippen molar-refractivity contribution in [2.75, 3.05) is 0 Å². The maximum absolute atomic E-state index is 11.9. The minimum atomic E-state index is -0.934. The molecule has 1 amide bonds. The summed E-state index contributed by atoms with van der Waals surface area (Å²) in [4.78, 5) is 42.0. The zero-order valence-electron chi connectivity index (χ0n) is 13.4. The van der Waals surface area contributed by atoms with Gasteiger partial charge < -0.3 is 10.1 Å². The van der Waals surface area contributed by atoms with Gasteiger partial charge in [0.1, 0.15) is 11.6 Å². The van der Waals surface area contributed by atoms with Crippen molar-refractivity contribution in [1.29, 1.82) is 0 Å². The molecule has 1 atom stereocenters. The second-order valence-corrected chi connectivity index (χ2v) is 5.46. The molecule has 3 rings (SSSR count). The van der Waals surface area contributed by atoms with Gasteiger partial charge in [0.05, 0.1) is 23.4 Å². The van der Waals surface area contributed by atoms with E-state index in [0.717, 1.165) is 23.3 Å². The van der Waals surface area contributed by atoms with Gasteiger partial charge in [-0.3, -0.25) is 14.4 Å². The number of ketones is 2. The Morgan fingerprint density at radius 3 is 2.85 bits per heavy atom. The van der Waals surface area contributed by atoms with Crippen molar-refractivity contribution in [2.24, 2.45) is 11.0 Å². The summed E-state index contributed by atoms with van der Waals surface area (Å²) in [5.41, 5.74) is 3.77. The molecule has 2 aromatic rings. The van der Waals surface area contributed by atoms with E-state index in [1.807, 2.05) is 24.3 Å². The topological polar surface area (TPSA) is 125 Å². The van der Waals surface area contributed by atoms with Crippen LogP contribution in [-0.2, 0) is 20.8 Å². The summed E-state index contributed by atoms with van der Waals surface area (Å²) in [7, 11) is 0. The fourth-order valence-electron chi connectivity index (χ4n) is 2.40. The van der Waals surface area contributed by atoms with E-state index >= 15 is 0 Å². The van der Waals surface area contributed by atoms with Gasteiger partial charge in [0.15, 0.2) is 0 Å². The highest BCUT2D eigenvalue weighted by Crippen LogP contribution is 2.21. The molecule has 0 spiro atoms. The molecule has 1 aromatic carbocycles. The van der Waals surface area contributed by atoms with Gasteiger partial charge in [-0.15, -0.1) is 12.4 Å². The third kappa shape index (κ3) is 3.86. The summed E-state index contributed by atoms with van der Waals surface area (Å²) in [6, 6.07) is 7.38. The van der Waals surface area contributed by atoms with Crippen molar-refractivity contribution in [3.8, 4) is 0 Å². The zero-order valence-corrected chi connectivity index (χ0v) is 14.2. The Morgan fingerprint density at radius 2 is 2.12 bits per heavy atom. The first kappa shape index (κ1) is 19.1. The highest BCUT2D eigenvalue weighted by molar-refractivity contribution is 6.48. The lowest BCUT2D eigenvalue weighted by atomic mass is 9.88. The second kappa shape index (κ2) is 7.75. The number of hydrogen-bond donors (Lipinski definition) is 3. The van der Waals surface area contributed by atoms with Gasteiger partial charge in [-0.25, -0.2) is 10.4 Å². The number of imidazole rings is 1. The average Bonchev–Trinajstić information content (AvgIpc) is 2.98. The van der Waals surface area contributed by atoms with Crippen LogP contribution in [-0.4, -0.2) is 38.8 Å². The first-order chi connectivity index (χ1) is 12.0. The first-order valence-corrected chi connectivity index (χ1v) is 7.39. The first-order valence-electron chi connectivity index (χ1n) is 7.39. The number of carbonyl (C=O) groups excluding carboxylic acids is 3. The molecule has 1 unspecified atom stereocenters. The van der Waals surface area contributed by atoms with Gasteiger partial charge in [0, 0.05) is 17.9 Å². The van der Waals surface area contributed by atoms with E-state index in [4.69, 9.17) is 0 Å². The van der Waals surface area contributed by atoms with Crippen LogP contribution in [0.1, 0.15) is 5.82 Å². The third-order valence-corrected chi connectivity index (χ3v) is 3.67. The SMILES string of the molecule is C=C1C(=O)C(=O)C=C(O)C1C=NNC(=O)Cc1nc2ccccc2[nH]1.Cl. The van der Waals surface area contributed by atoms with Gasteiger partial charge in [-0.05, 0) is 12.1 Å². The van der Waals surface area contributed by atoms with Crippen molar-refractivity contribution in [2.45, 2.75) is 6.42 Å². The number of aromatic amines is 1. The van der Waals surface area contributed by atoms with E-state index in [2.05, 4.69) is 27.1 Å². The molecule has 1 aliphatic carbocycles. The number of nitrogens with one attached hydrogen (secondary N) is 2. The lowest BCUT2D eigenvalue weighted by Crippen LogP contribution is -2.28. The van der Waals surface area contributed by atoms with Crippen LogP contribution >= 0.6 is 12.4 Å². The van der Waals surface area contributed by atoms with Crippen molar-refractivity contribution < 1.29 is 19.5 Å². The largest absolute Gasteiger partial charge is 0.511 e. The van der Waals surface area contributed by atoms with Crippen molar-refractivity contribution in [1.82, 2.24) is 15.4 Å². The number of amides is 1. The van der Waals surface area contributed by atoms with E-state index in [0.29, 0.717) is 5.82 Å². The minimum absolute atomic E-state index is 0. The fourth-order valence-corrected chi connectivity index (χ4v) is 2.40. The fraction of sp³-hybridized carbons (Fsp3) is 0.118. The van der Waals surface area contributed by atoms with Gasteiger partial charge in [0.25, 0.3) is 0 Å². The number of hydrogen-bond acceptors (Lipinski definition) is 6. The highest BCUT2D eigenvalue weighted by atomic mass is 35.5. The van der Waals surface area contributed by atoms with Gasteiger partial charge in [0.2, 0.25) is 17.5 Å². The Labute approximate surface area is 154 Å². The number of rotatable bonds is 4. The van der Waals surface area contributed by atoms with Crippen LogP contribution in [0.3, 0.4) is 0 Å². The number of fused-ring (bicyclic) bond motifs is 1. The summed E-state index contributed by atoms with van der Waals surface area (Å²) in [5, 5.41) is 13.4. The van der Waals surface area contributed by atoms with Gasteiger partial charge in [-0.2, -0.15) is 5.10 Å². The number of benzene rings is 1. The molecule has 0 fully saturated rings. The standard InChI is InChI=1S/C17H14N4O4.ClH/c1-9-10(13(22)6-14(23)17(9)25)8-18-21-16(24)7-15-19-11-4-2-3-5-12(11)20-15;/h2-6,8,10,22H,1,7H2,(H,19,20)(H,21,24);1H. The van der Waals surface area contributed by atoms with E-state index in [1.54, 1.807) is 0 Å². The number of aromatic nitrogens is 2. The third-order valence-electron chi connectivity index (χ3n) is 3.67. The molecule has 1 heterocycles. The summed E-state index contributed by atoms with van der Waals surface area (Å²) in [5.74, 6) is -2.84. The molecule has 0 bridgehead atoms. The predicted molar refractivity (Wildman–Crippen MR) is 97.0 cm³/mol. The summed E-state index contributed by atoms with van der Waals surface area (Å²) < 4.78 is 0. The molecular formula is C17H15ClN4O4. The number of aliphatic hydroxyl groups is 1. The zero-order chi connectivity index (χ0) is 18.0. The summed E-state index contributed by atoms with van der Waals surface area (Å²) in [6.45, 7) is 3.48. The van der Waals surface area contributed by atoms with E-state index in [1.165, 1.54) is 0 Å². The maximum Gasteiger partial charge on any atom is 0.247 e. The number of para-hydroxylation sites is 2. The van der Waals surface area contributed by atoms with E-state index in [9.17, 15) is 19.5 Å². The molecule has 134 valence electrons. The smallest absolute Gasteiger partial charge is 0.247 e. The Balaban J connectivity index is 0.00000243. The molecule has 26 heavy (non-hydrogen) atoms. The molecular weight excluding hydrogens is 360 g/mol. The van der Waals surface area contributed by atoms with E-state index < -0.39 is 23.4 Å². The number of hydrazone groups is 1. The Morgan fingerprint density at radius 1 is 1.38 bits per heavy atom.